The molecule has 1 fully saturated rings. The van der Waals surface area contributed by atoms with E-state index in [1.54, 1.807) is 23.1 Å². The summed E-state index contributed by atoms with van der Waals surface area (Å²) in [5.74, 6) is -1.50. The normalized spacial score (nSPS) is 15.4. The summed E-state index contributed by atoms with van der Waals surface area (Å²) < 4.78 is 1.69. The van der Waals surface area contributed by atoms with E-state index in [2.05, 4.69) is 15.4 Å². The number of aliphatic carboxylic acids is 1. The van der Waals surface area contributed by atoms with Gasteiger partial charge in [0.1, 0.15) is 18.1 Å². The molecule has 1 aromatic carbocycles. The number of amides is 1. The van der Waals surface area contributed by atoms with Crippen LogP contribution in [0.25, 0.3) is 0 Å². The van der Waals surface area contributed by atoms with E-state index in [0.29, 0.717) is 25.1 Å². The minimum Gasteiger partial charge on any atom is -0.480 e. The Balaban J connectivity index is 1.65. The molecule has 0 aliphatic heterocycles. The van der Waals surface area contributed by atoms with E-state index in [0.717, 1.165) is 5.56 Å². The zero-order chi connectivity index (χ0) is 14.9. The predicted octanol–water partition coefficient (Wildman–Crippen LogP) is 1.13. The summed E-state index contributed by atoms with van der Waals surface area (Å²) in [6.45, 7) is 0.591. The van der Waals surface area contributed by atoms with Crippen molar-refractivity contribution in [3.05, 3.63) is 42.5 Å². The molecule has 0 bridgehead atoms. The molecule has 7 nitrogen and oxygen atoms in total. The lowest BCUT2D eigenvalue weighted by Gasteiger charge is -2.11. The van der Waals surface area contributed by atoms with Crippen LogP contribution in [0.3, 0.4) is 0 Å². The molecule has 0 unspecified atom stereocenters. The number of carboxylic acid groups (broad SMARTS) is 1. The number of hydrogen-bond acceptors (Lipinski definition) is 4. The van der Waals surface area contributed by atoms with Gasteiger partial charge in [-0.25, -0.2) is 9.67 Å². The second-order valence-electron chi connectivity index (χ2n) is 5.13. The highest BCUT2D eigenvalue weighted by atomic mass is 16.4. The highest BCUT2D eigenvalue weighted by Crippen LogP contribution is 2.46. The fourth-order valence-electron chi connectivity index (χ4n) is 2.11. The topological polar surface area (TPSA) is 97.1 Å². The first-order valence-electron chi connectivity index (χ1n) is 6.56. The molecule has 7 heteroatoms. The molecule has 1 aromatic heterocycles. The molecule has 108 valence electrons. The summed E-state index contributed by atoms with van der Waals surface area (Å²) in [6.07, 6.45) is 3.89. The Morgan fingerprint density at radius 3 is 2.52 bits per heavy atom. The van der Waals surface area contributed by atoms with Crippen LogP contribution in [0.4, 0.5) is 5.69 Å². The van der Waals surface area contributed by atoms with Gasteiger partial charge in [-0.05, 0) is 30.5 Å². The van der Waals surface area contributed by atoms with E-state index in [-0.39, 0.29) is 0 Å². The molecule has 0 atom stereocenters. The lowest BCUT2D eigenvalue weighted by atomic mass is 10.1. The van der Waals surface area contributed by atoms with Gasteiger partial charge in [-0.1, -0.05) is 12.1 Å². The molecule has 2 aromatic rings. The first-order valence-corrected chi connectivity index (χ1v) is 6.56. The van der Waals surface area contributed by atoms with Gasteiger partial charge in [0.15, 0.2) is 0 Å². The molecule has 1 amide bonds. The standard InChI is InChI=1S/C14H14N4O3/c19-12(14(5-6-14)13(20)21)17-11-3-1-10(2-4-11)7-18-9-15-8-16-18/h1-4,8-9H,5-7H2,(H,17,19)(H,20,21). The minimum absolute atomic E-state index is 0.401. The van der Waals surface area contributed by atoms with Crippen molar-refractivity contribution in [3.63, 3.8) is 0 Å². The Hall–Kier alpha value is -2.70. The molecular weight excluding hydrogens is 272 g/mol. The monoisotopic (exact) mass is 286 g/mol. The first kappa shape index (κ1) is 13.3. The number of aromatic nitrogens is 3. The third-order valence-electron chi connectivity index (χ3n) is 3.62. The number of nitrogens with one attached hydrogen (secondary N) is 1. The average Bonchev–Trinajstić information content (AvgIpc) is 3.14. The van der Waals surface area contributed by atoms with E-state index in [4.69, 9.17) is 5.11 Å². The van der Waals surface area contributed by atoms with Gasteiger partial charge < -0.3 is 10.4 Å². The van der Waals surface area contributed by atoms with Crippen LogP contribution in [0.2, 0.25) is 0 Å². The Morgan fingerprint density at radius 2 is 2.00 bits per heavy atom. The fraction of sp³-hybridized carbons (Fsp3) is 0.286. The number of anilines is 1. The summed E-state index contributed by atoms with van der Waals surface area (Å²) in [5.41, 5.74) is 0.382. The molecule has 1 aliphatic carbocycles. The van der Waals surface area contributed by atoms with Crippen LogP contribution >= 0.6 is 0 Å². The quantitative estimate of drug-likeness (QED) is 0.803. The Bertz CT molecular complexity index is 660. The zero-order valence-corrected chi connectivity index (χ0v) is 11.2. The summed E-state index contributed by atoms with van der Waals surface area (Å²) in [5, 5.41) is 15.7. The van der Waals surface area contributed by atoms with Gasteiger partial charge in [0, 0.05) is 5.69 Å². The summed E-state index contributed by atoms with van der Waals surface area (Å²) in [4.78, 5) is 26.9. The number of carboxylic acids is 1. The number of benzene rings is 1. The second kappa shape index (κ2) is 5.01. The zero-order valence-electron chi connectivity index (χ0n) is 11.2. The summed E-state index contributed by atoms with van der Waals surface area (Å²) in [6, 6.07) is 7.22. The molecule has 0 radical (unpaired) electrons. The largest absolute Gasteiger partial charge is 0.480 e. The van der Waals surface area contributed by atoms with Gasteiger partial charge in [-0.3, -0.25) is 9.59 Å². The predicted molar refractivity (Wildman–Crippen MR) is 73.5 cm³/mol. The van der Waals surface area contributed by atoms with Crippen molar-refractivity contribution < 1.29 is 14.7 Å². The van der Waals surface area contributed by atoms with Crippen LogP contribution in [0.15, 0.2) is 36.9 Å². The fourth-order valence-corrected chi connectivity index (χ4v) is 2.11. The van der Waals surface area contributed by atoms with E-state index < -0.39 is 17.3 Å². The summed E-state index contributed by atoms with van der Waals surface area (Å²) in [7, 11) is 0. The molecule has 1 saturated carbocycles. The van der Waals surface area contributed by atoms with Crippen molar-refractivity contribution >= 4 is 17.6 Å². The van der Waals surface area contributed by atoms with Crippen molar-refractivity contribution in [1.29, 1.82) is 0 Å². The highest BCUT2D eigenvalue weighted by Gasteiger charge is 2.57. The van der Waals surface area contributed by atoms with E-state index in [9.17, 15) is 9.59 Å². The minimum atomic E-state index is -1.22. The van der Waals surface area contributed by atoms with Crippen LogP contribution in [-0.4, -0.2) is 31.7 Å². The van der Waals surface area contributed by atoms with Crippen molar-refractivity contribution in [2.24, 2.45) is 5.41 Å². The number of rotatable bonds is 5. The lowest BCUT2D eigenvalue weighted by molar-refractivity contribution is -0.147. The second-order valence-corrected chi connectivity index (χ2v) is 5.13. The van der Waals surface area contributed by atoms with Crippen LogP contribution < -0.4 is 5.32 Å². The molecule has 2 N–H and O–H groups in total. The first-order chi connectivity index (χ1) is 10.1. The maximum Gasteiger partial charge on any atom is 0.319 e. The van der Waals surface area contributed by atoms with Gasteiger partial charge in [0.25, 0.3) is 0 Å². The van der Waals surface area contributed by atoms with Crippen LogP contribution in [0.1, 0.15) is 18.4 Å². The van der Waals surface area contributed by atoms with Gasteiger partial charge in [-0.2, -0.15) is 5.10 Å². The highest BCUT2D eigenvalue weighted by molar-refractivity contribution is 6.10. The third kappa shape index (κ3) is 2.62. The van der Waals surface area contributed by atoms with Crippen molar-refractivity contribution in [2.45, 2.75) is 19.4 Å². The third-order valence-corrected chi connectivity index (χ3v) is 3.62. The Kier molecular flexibility index (Phi) is 3.17. The molecule has 3 rings (SSSR count). The van der Waals surface area contributed by atoms with Crippen LogP contribution in [-0.2, 0) is 16.1 Å². The Labute approximate surface area is 120 Å². The van der Waals surface area contributed by atoms with Gasteiger partial charge >= 0.3 is 5.97 Å². The number of carbonyl (C=O) groups excluding carboxylic acids is 1. The van der Waals surface area contributed by atoms with E-state index in [1.807, 2.05) is 12.1 Å². The van der Waals surface area contributed by atoms with E-state index >= 15 is 0 Å². The maximum atomic E-state index is 12.0. The van der Waals surface area contributed by atoms with Crippen LogP contribution in [0.5, 0.6) is 0 Å². The number of carbonyl (C=O) groups is 2. The smallest absolute Gasteiger partial charge is 0.319 e. The molecule has 1 aliphatic rings. The van der Waals surface area contributed by atoms with Gasteiger partial charge in [0.2, 0.25) is 5.91 Å². The van der Waals surface area contributed by atoms with Crippen LogP contribution in [0, 0.1) is 5.41 Å². The van der Waals surface area contributed by atoms with Crippen molar-refractivity contribution in [3.8, 4) is 0 Å². The molecular formula is C14H14N4O3. The van der Waals surface area contributed by atoms with Crippen molar-refractivity contribution in [1.82, 2.24) is 14.8 Å². The SMILES string of the molecule is O=C(O)C1(C(=O)Nc2ccc(Cn3cncn3)cc2)CC1. The van der Waals surface area contributed by atoms with Gasteiger partial charge in [-0.15, -0.1) is 0 Å². The number of hydrogen-bond donors (Lipinski definition) is 2. The number of nitrogens with zero attached hydrogens (tertiary/aromatic N) is 3. The Morgan fingerprint density at radius 1 is 1.29 bits per heavy atom. The van der Waals surface area contributed by atoms with Crippen molar-refractivity contribution in [2.75, 3.05) is 5.32 Å². The molecule has 0 saturated heterocycles. The van der Waals surface area contributed by atoms with E-state index in [1.165, 1.54) is 6.33 Å². The molecule has 0 spiro atoms. The summed E-state index contributed by atoms with van der Waals surface area (Å²) >= 11 is 0. The average molecular weight is 286 g/mol. The lowest BCUT2D eigenvalue weighted by Crippen LogP contribution is -2.31. The molecule has 21 heavy (non-hydrogen) atoms. The molecule has 1 heterocycles. The maximum absolute atomic E-state index is 12.0. The van der Waals surface area contributed by atoms with Gasteiger partial charge in [0.05, 0.1) is 6.54 Å².